The summed E-state index contributed by atoms with van der Waals surface area (Å²) < 4.78 is 4.95. The Morgan fingerprint density at radius 2 is 2.00 bits per heavy atom. The van der Waals surface area contributed by atoms with Crippen molar-refractivity contribution in [3.05, 3.63) is 36.8 Å². The number of carbonyl (C=O) groups excluding carboxylic acids is 1. The molecule has 0 aliphatic carbocycles. The van der Waals surface area contributed by atoms with Gasteiger partial charge in [-0.3, -0.25) is 5.32 Å². The molecule has 0 saturated heterocycles. The van der Waals surface area contributed by atoms with Gasteiger partial charge < -0.3 is 4.74 Å². The van der Waals surface area contributed by atoms with Gasteiger partial charge in [0.1, 0.15) is 0 Å². The molecule has 1 aromatic carbocycles. The number of hydrogen-bond donors (Lipinski definition) is 1. The number of amides is 1. The summed E-state index contributed by atoms with van der Waals surface area (Å²) in [6, 6.07) is 7.21. The van der Waals surface area contributed by atoms with Crippen LogP contribution in [0.15, 0.2) is 24.3 Å². The van der Waals surface area contributed by atoms with Crippen molar-refractivity contribution in [1.29, 1.82) is 0 Å². The normalized spacial score (nSPS) is 9.88. The molecule has 0 bridgehead atoms. The van der Waals surface area contributed by atoms with Crippen molar-refractivity contribution in [3.8, 4) is 0 Å². The summed E-state index contributed by atoms with van der Waals surface area (Å²) in [7, 11) is 0. The summed E-state index contributed by atoms with van der Waals surface area (Å²) in [6.45, 7) is 4.15. The van der Waals surface area contributed by atoms with E-state index in [4.69, 9.17) is 16.3 Å². The van der Waals surface area contributed by atoms with E-state index in [-0.39, 0.29) is 0 Å². The Morgan fingerprint density at radius 1 is 1.31 bits per heavy atom. The molecular formula is C12H15ClNO2. The molecule has 87 valence electrons. The molecule has 1 radical (unpaired) electrons. The Kier molecular flexibility index (Phi) is 5.72. The van der Waals surface area contributed by atoms with Crippen LogP contribution in [0.2, 0.25) is 0 Å². The van der Waals surface area contributed by atoms with Gasteiger partial charge in [-0.2, -0.15) is 0 Å². The minimum atomic E-state index is -0.439. The average molecular weight is 241 g/mol. The third-order valence-corrected chi connectivity index (χ3v) is 2.23. The van der Waals surface area contributed by atoms with Gasteiger partial charge in [-0.1, -0.05) is 12.1 Å². The number of alkyl halides is 1. The topological polar surface area (TPSA) is 38.3 Å². The van der Waals surface area contributed by atoms with E-state index in [0.29, 0.717) is 18.2 Å². The van der Waals surface area contributed by atoms with E-state index in [1.165, 1.54) is 0 Å². The summed E-state index contributed by atoms with van der Waals surface area (Å²) >= 11 is 5.50. The minimum Gasteiger partial charge on any atom is -0.449 e. The first-order chi connectivity index (χ1) is 7.72. The Hall–Kier alpha value is -1.22. The van der Waals surface area contributed by atoms with Crippen LogP contribution in [0, 0.1) is 6.92 Å². The number of unbranched alkanes of at least 4 members (excludes halogenated alkanes) is 1. The van der Waals surface area contributed by atoms with E-state index in [0.717, 1.165) is 18.4 Å². The molecule has 1 N–H and O–H groups in total. The SMILES string of the molecule is [CH2]c1ccc(NC(=O)OCCCCCl)cc1. The number of rotatable bonds is 5. The summed E-state index contributed by atoms with van der Waals surface area (Å²) in [6.07, 6.45) is 1.20. The maximum absolute atomic E-state index is 11.3. The van der Waals surface area contributed by atoms with Crippen molar-refractivity contribution >= 4 is 23.4 Å². The minimum absolute atomic E-state index is 0.395. The van der Waals surface area contributed by atoms with Gasteiger partial charge in [-0.15, -0.1) is 11.6 Å². The molecule has 0 heterocycles. The van der Waals surface area contributed by atoms with E-state index in [9.17, 15) is 4.79 Å². The van der Waals surface area contributed by atoms with Crippen molar-refractivity contribution < 1.29 is 9.53 Å². The smallest absolute Gasteiger partial charge is 0.411 e. The van der Waals surface area contributed by atoms with Crippen LogP contribution in [0.3, 0.4) is 0 Å². The second-order valence-electron chi connectivity index (χ2n) is 3.35. The standard InChI is InChI=1S/C12H15ClNO2/c1-10-4-6-11(7-5-10)14-12(15)16-9-3-2-8-13/h4-7H,1-3,8-9H2,(H,14,15). The fourth-order valence-corrected chi connectivity index (χ4v) is 1.29. The summed E-state index contributed by atoms with van der Waals surface area (Å²) in [5.74, 6) is 0.593. The summed E-state index contributed by atoms with van der Waals surface area (Å²) in [5, 5.41) is 2.62. The van der Waals surface area contributed by atoms with Crippen LogP contribution in [0.5, 0.6) is 0 Å². The predicted octanol–water partition coefficient (Wildman–Crippen LogP) is 3.44. The Balaban J connectivity index is 2.26. The van der Waals surface area contributed by atoms with Gasteiger partial charge in [0, 0.05) is 11.6 Å². The number of hydrogen-bond acceptors (Lipinski definition) is 2. The van der Waals surface area contributed by atoms with Crippen molar-refractivity contribution in [2.75, 3.05) is 17.8 Å². The molecule has 0 unspecified atom stereocenters. The molecule has 0 aliphatic rings. The predicted molar refractivity (Wildman–Crippen MR) is 65.8 cm³/mol. The average Bonchev–Trinajstić information content (AvgIpc) is 2.28. The molecule has 1 aromatic rings. The summed E-state index contributed by atoms with van der Waals surface area (Å²) in [4.78, 5) is 11.3. The van der Waals surface area contributed by atoms with Crippen LogP contribution in [-0.2, 0) is 4.74 Å². The van der Waals surface area contributed by atoms with E-state index >= 15 is 0 Å². The zero-order valence-electron chi connectivity index (χ0n) is 9.04. The Bertz CT molecular complexity index is 324. The highest BCUT2D eigenvalue weighted by Gasteiger charge is 2.01. The monoisotopic (exact) mass is 240 g/mol. The molecule has 4 heteroatoms. The fraction of sp³-hybridized carbons (Fsp3) is 0.333. The molecule has 1 amide bonds. The van der Waals surface area contributed by atoms with Crippen LogP contribution >= 0.6 is 11.6 Å². The van der Waals surface area contributed by atoms with Gasteiger partial charge in [-0.05, 0) is 37.5 Å². The van der Waals surface area contributed by atoms with Crippen molar-refractivity contribution in [2.24, 2.45) is 0 Å². The van der Waals surface area contributed by atoms with Crippen LogP contribution < -0.4 is 5.32 Å². The van der Waals surface area contributed by atoms with E-state index in [1.807, 2.05) is 12.1 Å². The van der Waals surface area contributed by atoms with Gasteiger partial charge in [0.15, 0.2) is 0 Å². The van der Waals surface area contributed by atoms with Gasteiger partial charge in [0.2, 0.25) is 0 Å². The molecule has 0 spiro atoms. The number of carbonyl (C=O) groups is 1. The summed E-state index contributed by atoms with van der Waals surface area (Å²) in [5.41, 5.74) is 1.61. The zero-order valence-corrected chi connectivity index (χ0v) is 9.80. The van der Waals surface area contributed by atoms with Gasteiger partial charge in [0.05, 0.1) is 6.61 Å². The van der Waals surface area contributed by atoms with Crippen molar-refractivity contribution in [3.63, 3.8) is 0 Å². The van der Waals surface area contributed by atoms with Gasteiger partial charge >= 0.3 is 6.09 Å². The van der Waals surface area contributed by atoms with Crippen LogP contribution in [0.1, 0.15) is 18.4 Å². The third-order valence-electron chi connectivity index (χ3n) is 1.96. The molecule has 0 aromatic heterocycles. The van der Waals surface area contributed by atoms with Crippen molar-refractivity contribution in [2.45, 2.75) is 12.8 Å². The van der Waals surface area contributed by atoms with Gasteiger partial charge in [-0.25, -0.2) is 4.79 Å². The zero-order chi connectivity index (χ0) is 11.8. The largest absolute Gasteiger partial charge is 0.449 e. The van der Waals surface area contributed by atoms with Gasteiger partial charge in [0.25, 0.3) is 0 Å². The maximum Gasteiger partial charge on any atom is 0.411 e. The number of nitrogens with one attached hydrogen (secondary N) is 1. The molecule has 0 atom stereocenters. The number of benzene rings is 1. The second kappa shape index (κ2) is 7.12. The molecule has 1 rings (SSSR count). The second-order valence-corrected chi connectivity index (χ2v) is 3.73. The van der Waals surface area contributed by atoms with Crippen LogP contribution in [0.25, 0.3) is 0 Å². The maximum atomic E-state index is 11.3. The quantitative estimate of drug-likeness (QED) is 0.633. The number of halogens is 1. The first-order valence-electron chi connectivity index (χ1n) is 5.14. The third kappa shape index (κ3) is 5.03. The molecule has 0 saturated carbocycles. The highest BCUT2D eigenvalue weighted by atomic mass is 35.5. The van der Waals surface area contributed by atoms with E-state index < -0.39 is 6.09 Å². The fourth-order valence-electron chi connectivity index (χ4n) is 1.10. The lowest BCUT2D eigenvalue weighted by Crippen LogP contribution is -2.14. The van der Waals surface area contributed by atoms with Crippen molar-refractivity contribution in [1.82, 2.24) is 0 Å². The molecule has 0 aliphatic heterocycles. The van der Waals surface area contributed by atoms with E-state index in [2.05, 4.69) is 12.2 Å². The molecule has 0 fully saturated rings. The first kappa shape index (κ1) is 12.8. The highest BCUT2D eigenvalue weighted by molar-refractivity contribution is 6.17. The molecule has 3 nitrogen and oxygen atoms in total. The first-order valence-corrected chi connectivity index (χ1v) is 5.67. The van der Waals surface area contributed by atoms with Crippen LogP contribution in [0.4, 0.5) is 10.5 Å². The lowest BCUT2D eigenvalue weighted by atomic mass is 10.2. The Labute approximate surface area is 101 Å². The molecule has 16 heavy (non-hydrogen) atoms. The number of anilines is 1. The molecular weight excluding hydrogens is 226 g/mol. The Morgan fingerprint density at radius 3 is 2.62 bits per heavy atom. The van der Waals surface area contributed by atoms with Crippen LogP contribution in [-0.4, -0.2) is 18.6 Å². The lowest BCUT2D eigenvalue weighted by Gasteiger charge is -2.06. The van der Waals surface area contributed by atoms with E-state index in [1.54, 1.807) is 12.1 Å². The highest BCUT2D eigenvalue weighted by Crippen LogP contribution is 2.08. The number of ether oxygens (including phenoxy) is 1. The lowest BCUT2D eigenvalue weighted by molar-refractivity contribution is 0.160.